The molecular weight excluding hydrogens is 277 g/mol. The summed E-state index contributed by atoms with van der Waals surface area (Å²) < 4.78 is 0.894. The Morgan fingerprint density at radius 3 is 2.67 bits per heavy atom. The van der Waals surface area contributed by atoms with Crippen LogP contribution in [0.4, 0.5) is 0 Å². The maximum absolute atomic E-state index is 9.08. The molecule has 0 heterocycles. The van der Waals surface area contributed by atoms with Crippen molar-refractivity contribution in [1.82, 2.24) is 5.32 Å². The molecule has 0 aromatic heterocycles. The van der Waals surface area contributed by atoms with Gasteiger partial charge in [0.2, 0.25) is 0 Å². The van der Waals surface area contributed by atoms with Gasteiger partial charge in [0.25, 0.3) is 0 Å². The summed E-state index contributed by atoms with van der Waals surface area (Å²) in [4.78, 5) is 0. The topological polar surface area (TPSA) is 32.3 Å². The number of aliphatic hydroxyl groups excluding tert-OH is 1. The van der Waals surface area contributed by atoms with Crippen LogP contribution < -0.4 is 5.32 Å². The lowest BCUT2D eigenvalue weighted by Crippen LogP contribution is -2.42. The second-order valence-corrected chi connectivity index (χ2v) is 5.41. The molecule has 1 aromatic rings. The number of hydrogen-bond donors (Lipinski definition) is 2. The zero-order valence-corrected chi connectivity index (χ0v) is 11.2. The molecule has 0 saturated heterocycles. The van der Waals surface area contributed by atoms with Crippen molar-refractivity contribution in [3.63, 3.8) is 0 Å². The van der Waals surface area contributed by atoms with Crippen LogP contribution in [0.5, 0.6) is 0 Å². The fraction of sp³-hybridized carbons (Fsp3) is 0.455. The van der Waals surface area contributed by atoms with Crippen LogP contribution in [0.3, 0.4) is 0 Å². The van der Waals surface area contributed by atoms with E-state index in [0.717, 1.165) is 10.0 Å². The highest BCUT2D eigenvalue weighted by atomic mass is 79.9. The van der Waals surface area contributed by atoms with Crippen molar-refractivity contribution in [3.05, 3.63) is 33.3 Å². The highest BCUT2D eigenvalue weighted by Crippen LogP contribution is 2.23. The van der Waals surface area contributed by atoms with Gasteiger partial charge in [-0.1, -0.05) is 17.7 Å². The fourth-order valence-electron chi connectivity index (χ4n) is 1.05. The Bertz CT molecular complexity index is 341. The summed E-state index contributed by atoms with van der Waals surface area (Å²) in [7, 11) is 0. The summed E-state index contributed by atoms with van der Waals surface area (Å²) in [6, 6.07) is 5.80. The molecule has 0 amide bonds. The predicted molar refractivity (Wildman–Crippen MR) is 67.2 cm³/mol. The van der Waals surface area contributed by atoms with Crippen LogP contribution in [-0.2, 0) is 6.54 Å². The average Bonchev–Trinajstić information content (AvgIpc) is 2.20. The number of nitrogens with one attached hydrogen (secondary N) is 1. The summed E-state index contributed by atoms with van der Waals surface area (Å²) in [5.41, 5.74) is 0.874. The highest BCUT2D eigenvalue weighted by Gasteiger charge is 2.14. The van der Waals surface area contributed by atoms with Crippen molar-refractivity contribution in [1.29, 1.82) is 0 Å². The van der Waals surface area contributed by atoms with Gasteiger partial charge >= 0.3 is 0 Å². The van der Waals surface area contributed by atoms with Crippen LogP contribution in [-0.4, -0.2) is 17.3 Å². The first-order chi connectivity index (χ1) is 6.94. The van der Waals surface area contributed by atoms with Gasteiger partial charge in [0.1, 0.15) is 0 Å². The standard InChI is InChI=1S/C11H15BrClNO/c1-11(2,7-15)14-6-8-3-4-10(13)9(12)5-8/h3-5,14-15H,6-7H2,1-2H3. The predicted octanol–water partition coefficient (Wildman–Crippen LogP) is 2.96. The quantitative estimate of drug-likeness (QED) is 0.894. The Kier molecular flexibility index (Phi) is 4.59. The van der Waals surface area contributed by atoms with E-state index in [2.05, 4.69) is 21.2 Å². The minimum Gasteiger partial charge on any atom is -0.394 e. The van der Waals surface area contributed by atoms with Crippen molar-refractivity contribution >= 4 is 27.5 Å². The zero-order chi connectivity index (χ0) is 11.5. The molecule has 0 aliphatic rings. The molecule has 84 valence electrons. The molecule has 1 rings (SSSR count). The van der Waals surface area contributed by atoms with Gasteiger partial charge in [0, 0.05) is 16.6 Å². The molecule has 0 aliphatic heterocycles. The van der Waals surface area contributed by atoms with Crippen LogP contribution in [0.25, 0.3) is 0 Å². The summed E-state index contributed by atoms with van der Waals surface area (Å²) in [5.74, 6) is 0. The summed E-state index contributed by atoms with van der Waals surface area (Å²) in [6.07, 6.45) is 0. The molecule has 2 N–H and O–H groups in total. The van der Waals surface area contributed by atoms with Crippen LogP contribution in [0.15, 0.2) is 22.7 Å². The maximum atomic E-state index is 9.08. The monoisotopic (exact) mass is 291 g/mol. The van der Waals surface area contributed by atoms with E-state index in [4.69, 9.17) is 16.7 Å². The molecule has 15 heavy (non-hydrogen) atoms. The smallest absolute Gasteiger partial charge is 0.0607 e. The summed E-state index contributed by atoms with van der Waals surface area (Å²) >= 11 is 9.27. The molecule has 0 fully saturated rings. The van der Waals surface area contributed by atoms with Crippen molar-refractivity contribution in [2.75, 3.05) is 6.61 Å². The van der Waals surface area contributed by atoms with Gasteiger partial charge < -0.3 is 10.4 Å². The Balaban J connectivity index is 2.62. The second-order valence-electron chi connectivity index (χ2n) is 4.14. The molecule has 4 heteroatoms. The first-order valence-corrected chi connectivity index (χ1v) is 5.91. The summed E-state index contributed by atoms with van der Waals surface area (Å²) in [5, 5.41) is 13.0. The number of aliphatic hydroxyl groups is 1. The molecule has 0 radical (unpaired) electrons. The third-order valence-electron chi connectivity index (χ3n) is 2.15. The van der Waals surface area contributed by atoms with Crippen LogP contribution >= 0.6 is 27.5 Å². The molecular formula is C11H15BrClNO. The van der Waals surface area contributed by atoms with E-state index < -0.39 is 0 Å². The molecule has 0 unspecified atom stereocenters. The van der Waals surface area contributed by atoms with E-state index in [1.807, 2.05) is 32.0 Å². The molecule has 2 nitrogen and oxygen atoms in total. The average molecular weight is 293 g/mol. The number of benzene rings is 1. The van der Waals surface area contributed by atoms with Crippen LogP contribution in [0.1, 0.15) is 19.4 Å². The van der Waals surface area contributed by atoms with E-state index in [-0.39, 0.29) is 12.1 Å². The number of hydrogen-bond acceptors (Lipinski definition) is 2. The lowest BCUT2D eigenvalue weighted by molar-refractivity contribution is 0.187. The Labute approximate surface area is 104 Å². The minimum atomic E-state index is -0.258. The third-order valence-corrected chi connectivity index (χ3v) is 3.36. The van der Waals surface area contributed by atoms with Crippen molar-refractivity contribution in [3.8, 4) is 0 Å². The fourth-order valence-corrected chi connectivity index (χ4v) is 1.59. The Hall–Kier alpha value is -0.0900. The van der Waals surface area contributed by atoms with Gasteiger partial charge in [0.05, 0.1) is 11.6 Å². The van der Waals surface area contributed by atoms with Crippen molar-refractivity contribution in [2.24, 2.45) is 0 Å². The number of rotatable bonds is 4. The Morgan fingerprint density at radius 2 is 2.13 bits per heavy atom. The normalized spacial score (nSPS) is 11.8. The van der Waals surface area contributed by atoms with Gasteiger partial charge in [-0.05, 0) is 47.5 Å². The first kappa shape index (κ1) is 13.0. The molecule has 0 saturated carbocycles. The zero-order valence-electron chi connectivity index (χ0n) is 8.85. The highest BCUT2D eigenvalue weighted by molar-refractivity contribution is 9.10. The van der Waals surface area contributed by atoms with E-state index in [1.165, 1.54) is 0 Å². The van der Waals surface area contributed by atoms with E-state index in [9.17, 15) is 0 Å². The molecule has 1 aromatic carbocycles. The molecule has 0 spiro atoms. The van der Waals surface area contributed by atoms with E-state index >= 15 is 0 Å². The Morgan fingerprint density at radius 1 is 1.47 bits per heavy atom. The first-order valence-electron chi connectivity index (χ1n) is 4.74. The molecule has 0 aliphatic carbocycles. The van der Waals surface area contributed by atoms with Crippen LogP contribution in [0, 0.1) is 0 Å². The SMILES string of the molecule is CC(C)(CO)NCc1ccc(Cl)c(Br)c1. The molecule has 0 bridgehead atoms. The summed E-state index contributed by atoms with van der Waals surface area (Å²) in [6.45, 7) is 4.74. The van der Waals surface area contributed by atoms with Gasteiger partial charge in [-0.25, -0.2) is 0 Å². The van der Waals surface area contributed by atoms with Gasteiger partial charge in [-0.3, -0.25) is 0 Å². The van der Waals surface area contributed by atoms with Crippen molar-refractivity contribution in [2.45, 2.75) is 25.9 Å². The van der Waals surface area contributed by atoms with Gasteiger partial charge in [0.15, 0.2) is 0 Å². The lowest BCUT2D eigenvalue weighted by Gasteiger charge is -2.23. The van der Waals surface area contributed by atoms with E-state index in [0.29, 0.717) is 11.6 Å². The van der Waals surface area contributed by atoms with E-state index in [1.54, 1.807) is 0 Å². The maximum Gasteiger partial charge on any atom is 0.0607 e. The number of halogens is 2. The van der Waals surface area contributed by atoms with Crippen LogP contribution in [0.2, 0.25) is 5.02 Å². The second kappa shape index (κ2) is 5.30. The van der Waals surface area contributed by atoms with Crippen molar-refractivity contribution < 1.29 is 5.11 Å². The third kappa shape index (κ3) is 4.11. The molecule has 0 atom stereocenters. The van der Waals surface area contributed by atoms with Gasteiger partial charge in [-0.2, -0.15) is 0 Å². The largest absolute Gasteiger partial charge is 0.394 e. The van der Waals surface area contributed by atoms with Gasteiger partial charge in [-0.15, -0.1) is 0 Å². The minimum absolute atomic E-state index is 0.113. The lowest BCUT2D eigenvalue weighted by atomic mass is 10.1.